The van der Waals surface area contributed by atoms with Gasteiger partial charge in [-0.05, 0) is 23.6 Å². The molecule has 2 amide bonds. The average Bonchev–Trinajstić information content (AvgIpc) is 3.24. The van der Waals surface area contributed by atoms with Crippen LogP contribution in [0, 0.1) is 5.92 Å². The van der Waals surface area contributed by atoms with Gasteiger partial charge in [-0.2, -0.15) is 0 Å². The minimum Gasteiger partial charge on any atom is -0.497 e. The highest BCUT2D eigenvalue weighted by Crippen LogP contribution is 2.34. The molecule has 0 unspecified atom stereocenters. The van der Waals surface area contributed by atoms with Crippen LogP contribution in [0.5, 0.6) is 5.75 Å². The number of carbonyl (C=O) groups is 2. The van der Waals surface area contributed by atoms with Crippen molar-refractivity contribution >= 4 is 12.0 Å². The Kier molecular flexibility index (Phi) is 6.41. The van der Waals surface area contributed by atoms with Crippen LogP contribution in [0.1, 0.15) is 43.3 Å². The fourth-order valence-corrected chi connectivity index (χ4v) is 3.66. The van der Waals surface area contributed by atoms with Crippen LogP contribution < -0.4 is 10.1 Å². The van der Waals surface area contributed by atoms with Crippen LogP contribution in [0.2, 0.25) is 0 Å². The first-order chi connectivity index (χ1) is 14.0. The van der Waals surface area contributed by atoms with E-state index in [-0.39, 0.29) is 18.0 Å². The molecule has 3 atom stereocenters. The maximum absolute atomic E-state index is 13.3. The first kappa shape index (κ1) is 20.7. The van der Waals surface area contributed by atoms with Crippen LogP contribution >= 0.6 is 0 Å². The number of ether oxygens (including phenoxy) is 2. The number of amides is 2. The third-order valence-electron chi connectivity index (χ3n) is 5.54. The largest absolute Gasteiger partial charge is 0.497 e. The predicted molar refractivity (Wildman–Crippen MR) is 108 cm³/mol. The second-order valence-electron chi connectivity index (χ2n) is 7.22. The molecule has 2 heterocycles. The lowest BCUT2D eigenvalue weighted by Gasteiger charge is -2.36. The summed E-state index contributed by atoms with van der Waals surface area (Å²) < 4.78 is 10.3. The topological polar surface area (TPSA) is 96.5 Å². The van der Waals surface area contributed by atoms with Crippen molar-refractivity contribution in [2.24, 2.45) is 5.92 Å². The van der Waals surface area contributed by atoms with Crippen molar-refractivity contribution in [3.8, 4) is 5.75 Å². The Morgan fingerprint density at radius 3 is 2.86 bits per heavy atom. The zero-order valence-corrected chi connectivity index (χ0v) is 17.3. The molecule has 2 aromatic rings. The number of nitrogens with one attached hydrogen (secondary N) is 2. The summed E-state index contributed by atoms with van der Waals surface area (Å²) in [4.78, 5) is 34.8. The minimum absolute atomic E-state index is 0.0487. The number of hydrogen-bond acceptors (Lipinski definition) is 5. The molecule has 0 spiro atoms. The summed E-state index contributed by atoms with van der Waals surface area (Å²) in [6.07, 6.45) is 3.05. The molecule has 156 valence electrons. The van der Waals surface area contributed by atoms with Gasteiger partial charge in [0.25, 0.3) is 0 Å². The normalized spacial score (nSPS) is 17.8. The third kappa shape index (κ3) is 4.21. The highest BCUT2D eigenvalue weighted by molar-refractivity contribution is 5.84. The van der Waals surface area contributed by atoms with Gasteiger partial charge in [0, 0.05) is 18.7 Å². The molecule has 1 aliphatic rings. The number of benzene rings is 1. The van der Waals surface area contributed by atoms with Gasteiger partial charge in [0.15, 0.2) is 0 Å². The van der Waals surface area contributed by atoms with Crippen LogP contribution in [0.4, 0.5) is 4.79 Å². The van der Waals surface area contributed by atoms with Crippen molar-refractivity contribution in [2.75, 3.05) is 20.8 Å². The van der Waals surface area contributed by atoms with E-state index in [9.17, 15) is 9.59 Å². The molecule has 0 aliphatic carbocycles. The first-order valence-corrected chi connectivity index (χ1v) is 9.81. The Morgan fingerprint density at radius 2 is 2.17 bits per heavy atom. The van der Waals surface area contributed by atoms with E-state index in [1.165, 1.54) is 7.11 Å². The highest BCUT2D eigenvalue weighted by atomic mass is 16.5. The number of aromatic amines is 1. The van der Waals surface area contributed by atoms with Crippen molar-refractivity contribution in [1.29, 1.82) is 0 Å². The van der Waals surface area contributed by atoms with E-state index in [1.54, 1.807) is 18.3 Å². The maximum Gasteiger partial charge on any atom is 0.328 e. The number of aromatic nitrogens is 2. The molecule has 1 aromatic carbocycles. The number of urea groups is 1. The molecule has 0 saturated heterocycles. The lowest BCUT2D eigenvalue weighted by atomic mass is 9.95. The summed E-state index contributed by atoms with van der Waals surface area (Å²) in [5.41, 5.74) is 2.71. The van der Waals surface area contributed by atoms with Gasteiger partial charge in [-0.3, -0.25) is 0 Å². The lowest BCUT2D eigenvalue weighted by Crippen LogP contribution is -2.53. The van der Waals surface area contributed by atoms with Crippen LogP contribution in [0.15, 0.2) is 30.6 Å². The summed E-state index contributed by atoms with van der Waals surface area (Å²) in [6.45, 7) is 4.39. The molecule has 29 heavy (non-hydrogen) atoms. The molecular formula is C21H28N4O4. The zero-order valence-electron chi connectivity index (χ0n) is 17.3. The fraction of sp³-hybridized carbons (Fsp3) is 0.476. The van der Waals surface area contributed by atoms with Gasteiger partial charge in [0.2, 0.25) is 0 Å². The summed E-state index contributed by atoms with van der Waals surface area (Å²) in [6, 6.07) is 6.20. The van der Waals surface area contributed by atoms with Crippen molar-refractivity contribution in [3.63, 3.8) is 0 Å². The monoisotopic (exact) mass is 400 g/mol. The molecule has 0 radical (unpaired) electrons. The maximum atomic E-state index is 13.3. The molecule has 3 rings (SSSR count). The van der Waals surface area contributed by atoms with Crippen molar-refractivity contribution in [1.82, 2.24) is 20.2 Å². The quantitative estimate of drug-likeness (QED) is 0.727. The van der Waals surface area contributed by atoms with Gasteiger partial charge in [-0.25, -0.2) is 14.6 Å². The average molecular weight is 400 g/mol. The molecule has 1 aromatic heterocycles. The van der Waals surface area contributed by atoms with Crippen molar-refractivity contribution in [3.05, 3.63) is 47.5 Å². The molecule has 8 heteroatoms. The molecule has 1 aliphatic heterocycles. The van der Waals surface area contributed by atoms with Crippen LogP contribution in [-0.2, 0) is 16.0 Å². The second-order valence-corrected chi connectivity index (χ2v) is 7.22. The Labute approximate surface area is 170 Å². The third-order valence-corrected chi connectivity index (χ3v) is 5.54. The van der Waals surface area contributed by atoms with E-state index in [0.717, 1.165) is 23.4 Å². The van der Waals surface area contributed by atoms with Gasteiger partial charge in [0.05, 0.1) is 26.2 Å². The lowest BCUT2D eigenvalue weighted by molar-refractivity contribution is -0.144. The molecule has 2 N–H and O–H groups in total. The van der Waals surface area contributed by atoms with Crippen LogP contribution in [0.25, 0.3) is 0 Å². The smallest absolute Gasteiger partial charge is 0.328 e. The standard InChI is InChI=1S/C21H28N4O4/c1-5-13(2)17(20(26)29-4)24-21(27)25-10-9-16-18(23-12-22-16)19(25)14-7-6-8-15(11-14)28-3/h6-8,11-13,17,19H,5,9-10H2,1-4H3,(H,22,23)(H,24,27)/t13-,17+,19+/m0/s1. The van der Waals surface area contributed by atoms with Gasteiger partial charge in [0.1, 0.15) is 17.8 Å². The van der Waals surface area contributed by atoms with Crippen molar-refractivity contribution in [2.45, 2.75) is 38.8 Å². The Bertz CT molecular complexity index is 866. The number of carbonyl (C=O) groups excluding carboxylic acids is 2. The summed E-state index contributed by atoms with van der Waals surface area (Å²) in [5.74, 6) is 0.216. The Balaban J connectivity index is 1.93. The zero-order chi connectivity index (χ0) is 21.0. The number of hydrogen-bond donors (Lipinski definition) is 2. The molecule has 0 bridgehead atoms. The van der Waals surface area contributed by atoms with E-state index in [1.807, 2.05) is 38.1 Å². The number of H-pyrrole nitrogens is 1. The van der Waals surface area contributed by atoms with Gasteiger partial charge < -0.3 is 24.7 Å². The minimum atomic E-state index is -0.705. The molecule has 0 saturated carbocycles. The van der Waals surface area contributed by atoms with Crippen LogP contribution in [-0.4, -0.2) is 53.7 Å². The fourth-order valence-electron chi connectivity index (χ4n) is 3.66. The van der Waals surface area contributed by atoms with E-state index < -0.39 is 12.0 Å². The number of rotatable bonds is 6. The number of fused-ring (bicyclic) bond motifs is 1. The number of imidazole rings is 1. The first-order valence-electron chi connectivity index (χ1n) is 9.81. The van der Waals surface area contributed by atoms with Crippen LogP contribution in [0.3, 0.4) is 0 Å². The van der Waals surface area contributed by atoms with Crippen molar-refractivity contribution < 1.29 is 19.1 Å². The SMILES string of the molecule is CC[C@H](C)[C@@H](NC(=O)N1CCc2[nH]cnc2[C@H]1c1cccc(OC)c1)C(=O)OC. The molecular weight excluding hydrogens is 372 g/mol. The molecule has 8 nitrogen and oxygen atoms in total. The van der Waals surface area contributed by atoms with Gasteiger partial charge >= 0.3 is 12.0 Å². The van der Waals surface area contributed by atoms with E-state index in [0.29, 0.717) is 18.7 Å². The Morgan fingerprint density at radius 1 is 1.38 bits per heavy atom. The van der Waals surface area contributed by atoms with Gasteiger partial charge in [-0.15, -0.1) is 0 Å². The van der Waals surface area contributed by atoms with E-state index >= 15 is 0 Å². The van der Waals surface area contributed by atoms with E-state index in [4.69, 9.17) is 9.47 Å². The predicted octanol–water partition coefficient (Wildman–Crippen LogP) is 2.66. The Hall–Kier alpha value is -3.03. The summed E-state index contributed by atoms with van der Waals surface area (Å²) in [5, 5.41) is 2.88. The second kappa shape index (κ2) is 8.98. The summed E-state index contributed by atoms with van der Waals surface area (Å²) >= 11 is 0. The highest BCUT2D eigenvalue weighted by Gasteiger charge is 2.36. The molecule has 0 fully saturated rings. The number of methoxy groups -OCH3 is 2. The van der Waals surface area contributed by atoms with Gasteiger partial charge in [-0.1, -0.05) is 32.4 Å². The number of esters is 1. The number of nitrogens with zero attached hydrogens (tertiary/aromatic N) is 2. The summed E-state index contributed by atoms with van der Waals surface area (Å²) in [7, 11) is 2.94. The van der Waals surface area contributed by atoms with E-state index in [2.05, 4.69) is 15.3 Å².